The average Bonchev–Trinajstić information content (AvgIpc) is 3.49. The van der Waals surface area contributed by atoms with E-state index in [0.29, 0.717) is 5.56 Å². The first-order valence-corrected chi connectivity index (χ1v) is 11.7. The molecule has 1 fully saturated rings. The van der Waals surface area contributed by atoms with E-state index in [9.17, 15) is 9.59 Å². The van der Waals surface area contributed by atoms with E-state index in [0.717, 1.165) is 72.1 Å². The molecule has 5 nitrogen and oxygen atoms in total. The second-order valence-electron chi connectivity index (χ2n) is 8.99. The highest BCUT2D eigenvalue weighted by Crippen LogP contribution is 2.38. The molecule has 1 unspecified atom stereocenters. The van der Waals surface area contributed by atoms with E-state index in [1.54, 1.807) is 11.8 Å². The molecule has 5 heteroatoms. The van der Waals surface area contributed by atoms with Gasteiger partial charge in [0.1, 0.15) is 0 Å². The Labute approximate surface area is 194 Å². The Morgan fingerprint density at radius 3 is 2.52 bits per heavy atom. The van der Waals surface area contributed by atoms with Crippen LogP contribution in [0.5, 0.6) is 0 Å². The van der Waals surface area contributed by atoms with Crippen molar-refractivity contribution in [1.82, 2.24) is 9.88 Å². The number of allylic oxidation sites excluding steroid dienone is 1. The fraction of sp³-hybridized carbons (Fsp3) is 0.321. The normalized spacial score (nSPS) is 17.4. The van der Waals surface area contributed by atoms with Gasteiger partial charge in [0, 0.05) is 18.5 Å². The van der Waals surface area contributed by atoms with Crippen LogP contribution < -0.4 is 0 Å². The van der Waals surface area contributed by atoms with Crippen molar-refractivity contribution < 1.29 is 14.3 Å². The summed E-state index contributed by atoms with van der Waals surface area (Å²) in [4.78, 5) is 32.8. The fourth-order valence-corrected chi connectivity index (χ4v) is 4.84. The van der Waals surface area contributed by atoms with Crippen molar-refractivity contribution in [2.45, 2.75) is 45.6 Å². The lowest BCUT2D eigenvalue weighted by Gasteiger charge is -2.21. The molecular formula is C28H28N2O3. The summed E-state index contributed by atoms with van der Waals surface area (Å²) in [6.45, 7) is 5.22. The van der Waals surface area contributed by atoms with Gasteiger partial charge < -0.3 is 9.64 Å². The molecular weight excluding hydrogens is 412 g/mol. The molecule has 5 rings (SSSR count). The molecule has 168 valence electrons. The Morgan fingerprint density at radius 1 is 1.03 bits per heavy atom. The Bertz CT molecular complexity index is 1250. The fourth-order valence-electron chi connectivity index (χ4n) is 4.84. The second-order valence-corrected chi connectivity index (χ2v) is 8.99. The molecule has 1 aromatic heterocycles. The van der Waals surface area contributed by atoms with Crippen LogP contribution in [0.4, 0.5) is 0 Å². The van der Waals surface area contributed by atoms with E-state index >= 15 is 0 Å². The molecule has 1 aliphatic heterocycles. The van der Waals surface area contributed by atoms with Crippen LogP contribution in [0, 0.1) is 6.92 Å². The number of nitrogens with zero attached hydrogens (tertiary/aromatic N) is 2. The largest absolute Gasteiger partial charge is 0.449 e. The Hall–Kier alpha value is -3.47. The van der Waals surface area contributed by atoms with Gasteiger partial charge in [-0.3, -0.25) is 4.79 Å². The third kappa shape index (κ3) is 4.15. The standard InChI is InChI=1S/C28H28N2O3/c1-18-9-11-20(12-10-18)17-21-13-14-23-25(22-7-3-4-8-24(22)29-26(21)23)28(32)33-19(2)27(31)30-15-5-6-16-30/h3-4,7-12,17,19H,5-6,13-16H2,1-2H3/b21-17+. The number of esters is 1. The second kappa shape index (κ2) is 8.81. The third-order valence-electron chi connectivity index (χ3n) is 6.61. The number of para-hydroxylation sites is 1. The van der Waals surface area contributed by atoms with Crippen molar-refractivity contribution >= 4 is 34.4 Å². The SMILES string of the molecule is Cc1ccc(/C=C2\CCc3c2nc2ccccc2c3C(=O)OC(C)C(=O)N2CCCC2)cc1. The van der Waals surface area contributed by atoms with Gasteiger partial charge in [0.05, 0.1) is 16.8 Å². The summed E-state index contributed by atoms with van der Waals surface area (Å²) in [7, 11) is 0. The smallest absolute Gasteiger partial charge is 0.339 e. The third-order valence-corrected chi connectivity index (χ3v) is 6.61. The maximum Gasteiger partial charge on any atom is 0.339 e. The van der Waals surface area contributed by atoms with Gasteiger partial charge in [0.15, 0.2) is 6.10 Å². The number of fused-ring (bicyclic) bond motifs is 2. The first kappa shape index (κ1) is 21.4. The number of carbonyl (C=O) groups is 2. The van der Waals surface area contributed by atoms with Crippen molar-refractivity contribution in [2.24, 2.45) is 0 Å². The van der Waals surface area contributed by atoms with Gasteiger partial charge in [0.25, 0.3) is 5.91 Å². The van der Waals surface area contributed by atoms with E-state index < -0.39 is 12.1 Å². The van der Waals surface area contributed by atoms with Gasteiger partial charge in [0.2, 0.25) is 0 Å². The molecule has 0 bridgehead atoms. The molecule has 1 aliphatic carbocycles. The van der Waals surface area contributed by atoms with Crippen LogP contribution in [-0.4, -0.2) is 41.0 Å². The lowest BCUT2D eigenvalue weighted by molar-refractivity contribution is -0.138. The summed E-state index contributed by atoms with van der Waals surface area (Å²) in [5.41, 5.74) is 6.54. The highest BCUT2D eigenvalue weighted by atomic mass is 16.5. The quantitative estimate of drug-likeness (QED) is 0.524. The molecule has 0 spiro atoms. The molecule has 3 aromatic rings. The van der Waals surface area contributed by atoms with Crippen LogP contribution in [-0.2, 0) is 16.0 Å². The molecule has 1 saturated heterocycles. The van der Waals surface area contributed by atoms with Gasteiger partial charge in [-0.15, -0.1) is 0 Å². The molecule has 33 heavy (non-hydrogen) atoms. The summed E-state index contributed by atoms with van der Waals surface area (Å²) in [5.74, 6) is -0.558. The van der Waals surface area contributed by atoms with Crippen molar-refractivity contribution in [1.29, 1.82) is 0 Å². The number of pyridine rings is 1. The molecule has 0 N–H and O–H groups in total. The van der Waals surface area contributed by atoms with E-state index in [4.69, 9.17) is 9.72 Å². The van der Waals surface area contributed by atoms with Gasteiger partial charge in [-0.1, -0.05) is 48.0 Å². The summed E-state index contributed by atoms with van der Waals surface area (Å²) < 4.78 is 5.73. The highest BCUT2D eigenvalue weighted by molar-refractivity contribution is 6.07. The van der Waals surface area contributed by atoms with Crippen molar-refractivity contribution in [3.8, 4) is 0 Å². The van der Waals surface area contributed by atoms with Gasteiger partial charge in [-0.05, 0) is 68.4 Å². The highest BCUT2D eigenvalue weighted by Gasteiger charge is 2.31. The van der Waals surface area contributed by atoms with E-state index in [1.165, 1.54) is 5.56 Å². The Morgan fingerprint density at radius 2 is 1.76 bits per heavy atom. The summed E-state index contributed by atoms with van der Waals surface area (Å²) in [6.07, 6.45) is 4.90. The molecule has 2 aliphatic rings. The summed E-state index contributed by atoms with van der Waals surface area (Å²) >= 11 is 0. The van der Waals surface area contributed by atoms with Crippen LogP contribution in [0.2, 0.25) is 0 Å². The number of amides is 1. The number of rotatable bonds is 4. The van der Waals surface area contributed by atoms with Crippen LogP contribution in [0.3, 0.4) is 0 Å². The zero-order chi connectivity index (χ0) is 22.9. The Balaban J connectivity index is 1.52. The molecule has 1 amide bonds. The minimum Gasteiger partial charge on any atom is -0.449 e. The van der Waals surface area contributed by atoms with Crippen molar-refractivity contribution in [2.75, 3.05) is 13.1 Å². The molecule has 2 heterocycles. The predicted molar refractivity (Wildman–Crippen MR) is 130 cm³/mol. The first-order chi connectivity index (χ1) is 16.0. The number of ether oxygens (including phenoxy) is 1. The number of aryl methyl sites for hydroxylation is 1. The molecule has 1 atom stereocenters. The number of hydrogen-bond donors (Lipinski definition) is 0. The number of aromatic nitrogens is 1. The molecule has 0 radical (unpaired) electrons. The van der Waals surface area contributed by atoms with Crippen LogP contribution in [0.25, 0.3) is 22.6 Å². The maximum atomic E-state index is 13.4. The topological polar surface area (TPSA) is 59.5 Å². The van der Waals surface area contributed by atoms with Gasteiger partial charge in [-0.2, -0.15) is 0 Å². The average molecular weight is 441 g/mol. The minimum atomic E-state index is -0.804. The zero-order valence-corrected chi connectivity index (χ0v) is 19.1. The Kier molecular flexibility index (Phi) is 5.71. The first-order valence-electron chi connectivity index (χ1n) is 11.7. The summed E-state index contributed by atoms with van der Waals surface area (Å²) in [6, 6.07) is 16.1. The van der Waals surface area contributed by atoms with Crippen LogP contribution in [0.1, 0.15) is 58.9 Å². The van der Waals surface area contributed by atoms with Crippen molar-refractivity contribution in [3.63, 3.8) is 0 Å². The lowest BCUT2D eigenvalue weighted by atomic mass is 10.0. The lowest BCUT2D eigenvalue weighted by Crippen LogP contribution is -2.38. The van der Waals surface area contributed by atoms with E-state index in [1.807, 2.05) is 24.3 Å². The van der Waals surface area contributed by atoms with Crippen molar-refractivity contribution in [3.05, 3.63) is 76.5 Å². The number of hydrogen-bond acceptors (Lipinski definition) is 4. The maximum absolute atomic E-state index is 13.4. The van der Waals surface area contributed by atoms with E-state index in [2.05, 4.69) is 37.3 Å². The monoisotopic (exact) mass is 440 g/mol. The predicted octanol–water partition coefficient (Wildman–Crippen LogP) is 5.20. The number of benzene rings is 2. The van der Waals surface area contributed by atoms with Gasteiger partial charge >= 0.3 is 5.97 Å². The number of likely N-dealkylation sites (tertiary alicyclic amines) is 1. The van der Waals surface area contributed by atoms with Crippen LogP contribution >= 0.6 is 0 Å². The minimum absolute atomic E-state index is 0.115. The van der Waals surface area contributed by atoms with Gasteiger partial charge in [-0.25, -0.2) is 9.78 Å². The van der Waals surface area contributed by atoms with E-state index in [-0.39, 0.29) is 5.91 Å². The van der Waals surface area contributed by atoms with Crippen LogP contribution in [0.15, 0.2) is 48.5 Å². The zero-order valence-electron chi connectivity index (χ0n) is 19.1. The summed E-state index contributed by atoms with van der Waals surface area (Å²) in [5, 5.41) is 0.777. The molecule has 2 aromatic carbocycles. The molecule has 0 saturated carbocycles. The number of carbonyl (C=O) groups excluding carboxylic acids is 2.